The zero-order valence-electron chi connectivity index (χ0n) is 16.1. The highest BCUT2D eigenvalue weighted by Gasteiger charge is 2.04. The molecule has 2 rings (SSSR count). The Bertz CT molecular complexity index is 776. The molecule has 1 amide bonds. The normalized spacial score (nSPS) is 11.0. The fourth-order valence-corrected chi connectivity index (χ4v) is 2.50. The molecular formula is C20H27N5O2. The summed E-state index contributed by atoms with van der Waals surface area (Å²) in [5.74, 6) is 1.23. The lowest BCUT2D eigenvalue weighted by molar-refractivity contribution is 0.0963. The lowest BCUT2D eigenvalue weighted by atomic mass is 10.1. The number of carbonyl (C=O) groups excluding carboxylic acids is 1. The largest absolute Gasteiger partial charge is 0.481 e. The molecular weight excluding hydrogens is 342 g/mol. The molecule has 0 fully saturated rings. The highest BCUT2D eigenvalue weighted by Crippen LogP contribution is 2.08. The zero-order chi connectivity index (χ0) is 19.5. The molecule has 0 unspecified atom stereocenters. The number of rotatable bonds is 8. The van der Waals surface area contributed by atoms with Crippen molar-refractivity contribution < 1.29 is 9.53 Å². The Balaban J connectivity index is 1.93. The number of benzene rings is 1. The summed E-state index contributed by atoms with van der Waals surface area (Å²) in [6.07, 6.45) is 0.784. The van der Waals surface area contributed by atoms with Crippen LogP contribution in [-0.4, -0.2) is 44.1 Å². The Hall–Kier alpha value is -3.09. The second kappa shape index (κ2) is 10.8. The summed E-state index contributed by atoms with van der Waals surface area (Å²) in [4.78, 5) is 20.7. The third-order valence-electron chi connectivity index (χ3n) is 3.86. The topological polar surface area (TPSA) is 87.6 Å². The van der Waals surface area contributed by atoms with Gasteiger partial charge in [0.2, 0.25) is 5.88 Å². The van der Waals surface area contributed by atoms with Crippen molar-refractivity contribution in [3.63, 3.8) is 0 Å². The maximum atomic E-state index is 11.7. The minimum absolute atomic E-state index is 0.0782. The number of amides is 1. The van der Waals surface area contributed by atoms with Crippen LogP contribution in [-0.2, 0) is 13.0 Å². The molecule has 0 radical (unpaired) electrons. The highest BCUT2D eigenvalue weighted by molar-refractivity contribution is 5.94. The molecule has 7 heteroatoms. The van der Waals surface area contributed by atoms with Crippen LogP contribution in [0.4, 0.5) is 0 Å². The van der Waals surface area contributed by atoms with Gasteiger partial charge in [-0.1, -0.05) is 18.2 Å². The van der Waals surface area contributed by atoms with E-state index in [0.29, 0.717) is 24.5 Å². The quantitative estimate of drug-likeness (QED) is 0.487. The fourth-order valence-electron chi connectivity index (χ4n) is 2.50. The van der Waals surface area contributed by atoms with E-state index in [2.05, 4.69) is 25.9 Å². The minimum Gasteiger partial charge on any atom is -0.481 e. The second-order valence-corrected chi connectivity index (χ2v) is 5.82. The Morgan fingerprint density at radius 3 is 2.74 bits per heavy atom. The van der Waals surface area contributed by atoms with Crippen LogP contribution in [0.15, 0.2) is 47.5 Å². The third kappa shape index (κ3) is 6.62. The second-order valence-electron chi connectivity index (χ2n) is 5.82. The van der Waals surface area contributed by atoms with E-state index in [0.717, 1.165) is 30.2 Å². The van der Waals surface area contributed by atoms with E-state index in [9.17, 15) is 4.79 Å². The summed E-state index contributed by atoms with van der Waals surface area (Å²) < 4.78 is 5.14. The van der Waals surface area contributed by atoms with Gasteiger partial charge in [0.05, 0.1) is 19.3 Å². The maximum Gasteiger partial charge on any atom is 0.251 e. The molecule has 0 aliphatic heterocycles. The van der Waals surface area contributed by atoms with Gasteiger partial charge < -0.3 is 20.7 Å². The molecule has 0 aliphatic rings. The molecule has 144 valence electrons. The third-order valence-corrected chi connectivity index (χ3v) is 3.86. The molecule has 0 atom stereocenters. The Morgan fingerprint density at radius 1 is 1.19 bits per heavy atom. The average Bonchev–Trinajstić information content (AvgIpc) is 2.71. The summed E-state index contributed by atoms with van der Waals surface area (Å²) in [7, 11) is 3.23. The number of methoxy groups -OCH3 is 1. The van der Waals surface area contributed by atoms with Crippen molar-refractivity contribution in [2.45, 2.75) is 19.9 Å². The molecule has 0 saturated carbocycles. The van der Waals surface area contributed by atoms with Gasteiger partial charge in [0.1, 0.15) is 0 Å². The smallest absolute Gasteiger partial charge is 0.251 e. The molecule has 0 bridgehead atoms. The predicted molar refractivity (Wildman–Crippen MR) is 107 cm³/mol. The molecule has 1 aromatic heterocycles. The summed E-state index contributed by atoms with van der Waals surface area (Å²) >= 11 is 0. The van der Waals surface area contributed by atoms with Gasteiger partial charge in [0.15, 0.2) is 5.96 Å². The van der Waals surface area contributed by atoms with Crippen LogP contribution in [0.1, 0.15) is 28.5 Å². The summed E-state index contributed by atoms with van der Waals surface area (Å²) in [5.41, 5.74) is 2.60. The van der Waals surface area contributed by atoms with Crippen LogP contribution in [0.5, 0.6) is 5.88 Å². The molecule has 7 nitrogen and oxygen atoms in total. The van der Waals surface area contributed by atoms with E-state index in [1.807, 2.05) is 49.4 Å². The number of carbonyl (C=O) groups is 1. The van der Waals surface area contributed by atoms with Crippen LogP contribution >= 0.6 is 0 Å². The van der Waals surface area contributed by atoms with Gasteiger partial charge in [0, 0.05) is 31.8 Å². The molecule has 27 heavy (non-hydrogen) atoms. The number of hydrogen-bond donors (Lipinski definition) is 3. The molecule has 1 heterocycles. The first-order valence-corrected chi connectivity index (χ1v) is 8.99. The van der Waals surface area contributed by atoms with Crippen molar-refractivity contribution in [3.8, 4) is 5.88 Å². The van der Waals surface area contributed by atoms with Gasteiger partial charge in [0.25, 0.3) is 5.91 Å². The molecule has 1 aromatic carbocycles. The van der Waals surface area contributed by atoms with Crippen molar-refractivity contribution in [1.29, 1.82) is 0 Å². The first kappa shape index (κ1) is 20.2. The number of nitrogens with zero attached hydrogens (tertiary/aromatic N) is 2. The van der Waals surface area contributed by atoms with E-state index < -0.39 is 0 Å². The number of aromatic nitrogens is 1. The number of hydrogen-bond acceptors (Lipinski definition) is 4. The van der Waals surface area contributed by atoms with Crippen molar-refractivity contribution in [2.75, 3.05) is 27.2 Å². The van der Waals surface area contributed by atoms with Gasteiger partial charge in [-0.2, -0.15) is 0 Å². The lowest BCUT2D eigenvalue weighted by Gasteiger charge is -2.12. The highest BCUT2D eigenvalue weighted by atomic mass is 16.5. The molecule has 0 aliphatic carbocycles. The summed E-state index contributed by atoms with van der Waals surface area (Å²) in [5, 5.41) is 9.17. The Labute approximate surface area is 160 Å². The van der Waals surface area contributed by atoms with Crippen LogP contribution in [0.2, 0.25) is 0 Å². The van der Waals surface area contributed by atoms with Gasteiger partial charge in [-0.3, -0.25) is 4.79 Å². The van der Waals surface area contributed by atoms with Crippen LogP contribution in [0, 0.1) is 0 Å². The number of pyridine rings is 1. The monoisotopic (exact) mass is 369 g/mol. The van der Waals surface area contributed by atoms with Gasteiger partial charge in [-0.25, -0.2) is 9.98 Å². The molecule has 0 saturated heterocycles. The molecule has 2 aromatic rings. The maximum absolute atomic E-state index is 11.7. The van der Waals surface area contributed by atoms with E-state index in [4.69, 9.17) is 4.74 Å². The van der Waals surface area contributed by atoms with Gasteiger partial charge in [-0.05, 0) is 37.1 Å². The van der Waals surface area contributed by atoms with E-state index in [-0.39, 0.29) is 5.91 Å². The summed E-state index contributed by atoms with van der Waals surface area (Å²) in [6.45, 7) is 3.95. The average molecular weight is 369 g/mol. The van der Waals surface area contributed by atoms with Crippen LogP contribution < -0.4 is 20.7 Å². The van der Waals surface area contributed by atoms with Gasteiger partial charge in [-0.15, -0.1) is 0 Å². The Kier molecular flexibility index (Phi) is 8.09. The van der Waals surface area contributed by atoms with Crippen molar-refractivity contribution >= 4 is 11.9 Å². The molecule has 0 spiro atoms. The lowest BCUT2D eigenvalue weighted by Crippen LogP contribution is -2.38. The standard InChI is InChI=1S/C20H27N5O2/c1-4-22-20(24-14-17-9-6-10-18(25-17)27-3)23-12-11-15-7-5-8-16(13-15)19(26)21-2/h5-10,13H,4,11-12,14H2,1-3H3,(H,21,26)(H2,22,23,24). The van der Waals surface area contributed by atoms with Crippen LogP contribution in [0.3, 0.4) is 0 Å². The number of guanidine groups is 1. The SMILES string of the molecule is CCNC(=NCc1cccc(OC)n1)NCCc1cccc(C(=O)NC)c1. The fraction of sp³-hybridized carbons (Fsp3) is 0.350. The van der Waals surface area contributed by atoms with Crippen LogP contribution in [0.25, 0.3) is 0 Å². The van der Waals surface area contributed by atoms with E-state index in [1.165, 1.54) is 0 Å². The predicted octanol–water partition coefficient (Wildman–Crippen LogP) is 1.75. The number of aliphatic imine (C=N–C) groups is 1. The number of ether oxygens (including phenoxy) is 1. The van der Waals surface area contributed by atoms with Crippen molar-refractivity contribution in [3.05, 3.63) is 59.3 Å². The Morgan fingerprint density at radius 2 is 2.00 bits per heavy atom. The van der Waals surface area contributed by atoms with Crippen molar-refractivity contribution in [2.24, 2.45) is 4.99 Å². The molecule has 3 N–H and O–H groups in total. The van der Waals surface area contributed by atoms with Crippen molar-refractivity contribution in [1.82, 2.24) is 20.9 Å². The van der Waals surface area contributed by atoms with E-state index >= 15 is 0 Å². The van der Waals surface area contributed by atoms with Gasteiger partial charge >= 0.3 is 0 Å². The zero-order valence-corrected chi connectivity index (χ0v) is 16.1. The first-order valence-electron chi connectivity index (χ1n) is 8.99. The number of nitrogens with one attached hydrogen (secondary N) is 3. The summed E-state index contributed by atoms with van der Waals surface area (Å²) in [6, 6.07) is 13.2. The van der Waals surface area contributed by atoms with E-state index in [1.54, 1.807) is 14.2 Å². The minimum atomic E-state index is -0.0782. The first-order chi connectivity index (χ1) is 13.2.